The molecule has 0 bridgehead atoms. The van der Waals surface area contributed by atoms with Crippen molar-refractivity contribution in [1.29, 1.82) is 0 Å². The van der Waals surface area contributed by atoms with Crippen molar-refractivity contribution < 1.29 is 14.3 Å². The lowest BCUT2D eigenvalue weighted by atomic mass is 10.1. The van der Waals surface area contributed by atoms with Crippen molar-refractivity contribution in [2.75, 3.05) is 0 Å². The Labute approximate surface area is 152 Å². The zero-order chi connectivity index (χ0) is 18.5. The lowest BCUT2D eigenvalue weighted by molar-refractivity contribution is 0.0320. The summed E-state index contributed by atoms with van der Waals surface area (Å²) >= 11 is 0. The molecule has 4 nitrogen and oxygen atoms in total. The summed E-state index contributed by atoms with van der Waals surface area (Å²) in [4.78, 5) is 29.8. The summed E-state index contributed by atoms with van der Waals surface area (Å²) < 4.78 is 5.48. The molecule has 0 spiro atoms. The molecule has 0 saturated heterocycles. The first-order valence-corrected chi connectivity index (χ1v) is 8.79. The van der Waals surface area contributed by atoms with Gasteiger partial charge in [-0.2, -0.15) is 0 Å². The van der Waals surface area contributed by atoms with E-state index in [0.29, 0.717) is 11.1 Å². The molecule has 0 aliphatic carbocycles. The molecule has 0 saturated carbocycles. The second-order valence-electron chi connectivity index (χ2n) is 6.21. The third-order valence-electron chi connectivity index (χ3n) is 4.21. The maximum atomic E-state index is 12.8. The fourth-order valence-corrected chi connectivity index (χ4v) is 2.90. The van der Waals surface area contributed by atoms with Crippen LogP contribution in [0.25, 0.3) is 10.9 Å². The highest BCUT2D eigenvalue weighted by atomic mass is 16.5. The number of hydrogen-bond acceptors (Lipinski definition) is 4. The average Bonchev–Trinajstić information content (AvgIpc) is 2.67. The number of pyridine rings is 1. The van der Waals surface area contributed by atoms with Crippen molar-refractivity contribution in [3.63, 3.8) is 0 Å². The molecule has 0 aliphatic rings. The second-order valence-corrected chi connectivity index (χ2v) is 6.21. The van der Waals surface area contributed by atoms with E-state index in [-0.39, 0.29) is 5.78 Å². The van der Waals surface area contributed by atoms with Crippen LogP contribution in [0.3, 0.4) is 0 Å². The zero-order valence-corrected chi connectivity index (χ0v) is 14.9. The van der Waals surface area contributed by atoms with Crippen molar-refractivity contribution in [3.05, 3.63) is 77.5 Å². The van der Waals surface area contributed by atoms with E-state index in [1.165, 1.54) is 0 Å². The molecular formula is C22H21NO3. The fraction of sp³-hybridized carbons (Fsp3) is 0.227. The Bertz CT molecular complexity index is 935. The van der Waals surface area contributed by atoms with Crippen LogP contribution in [0.1, 0.15) is 46.7 Å². The Morgan fingerprint density at radius 3 is 2.46 bits per heavy atom. The zero-order valence-electron chi connectivity index (χ0n) is 14.9. The minimum Gasteiger partial charge on any atom is -0.451 e. The molecule has 0 aliphatic heterocycles. The van der Waals surface area contributed by atoms with Crippen LogP contribution in [0.15, 0.2) is 60.7 Å². The van der Waals surface area contributed by atoms with Crippen LogP contribution in [0.2, 0.25) is 0 Å². The van der Waals surface area contributed by atoms with Gasteiger partial charge in [-0.05, 0) is 25.5 Å². The number of carbonyl (C=O) groups excluding carboxylic acids is 2. The molecule has 0 unspecified atom stereocenters. The van der Waals surface area contributed by atoms with Gasteiger partial charge in [0.05, 0.1) is 11.1 Å². The number of hydrogen-bond donors (Lipinski definition) is 0. The van der Waals surface area contributed by atoms with Crippen LogP contribution in [0.5, 0.6) is 0 Å². The Morgan fingerprint density at radius 1 is 1.04 bits per heavy atom. The first-order chi connectivity index (χ1) is 12.6. The largest absolute Gasteiger partial charge is 0.451 e. The molecule has 26 heavy (non-hydrogen) atoms. The predicted octanol–water partition coefficient (Wildman–Crippen LogP) is 4.62. The number of fused-ring (bicyclic) bond motifs is 1. The number of aromatic nitrogens is 1. The number of benzene rings is 2. The topological polar surface area (TPSA) is 56.3 Å². The van der Waals surface area contributed by atoms with Gasteiger partial charge in [0.2, 0.25) is 5.78 Å². The molecule has 0 fully saturated rings. The summed E-state index contributed by atoms with van der Waals surface area (Å²) in [5, 5.41) is 0.733. The van der Waals surface area contributed by atoms with Gasteiger partial charge in [0.15, 0.2) is 6.10 Å². The monoisotopic (exact) mass is 347 g/mol. The Balaban J connectivity index is 1.88. The van der Waals surface area contributed by atoms with Crippen LogP contribution in [0, 0.1) is 0 Å². The highest BCUT2D eigenvalue weighted by Crippen LogP contribution is 2.21. The molecule has 3 aromatic rings. The van der Waals surface area contributed by atoms with Crippen molar-refractivity contribution in [1.82, 2.24) is 4.98 Å². The average molecular weight is 347 g/mol. The highest BCUT2D eigenvalue weighted by molar-refractivity contribution is 6.06. The predicted molar refractivity (Wildman–Crippen MR) is 101 cm³/mol. The van der Waals surface area contributed by atoms with E-state index in [4.69, 9.17) is 4.74 Å². The number of rotatable bonds is 6. The number of para-hydroxylation sites is 1. The Hall–Kier alpha value is -3.01. The van der Waals surface area contributed by atoms with E-state index < -0.39 is 12.1 Å². The van der Waals surface area contributed by atoms with Crippen molar-refractivity contribution in [3.8, 4) is 0 Å². The number of esters is 1. The molecule has 1 aromatic heterocycles. The van der Waals surface area contributed by atoms with Gasteiger partial charge >= 0.3 is 5.97 Å². The smallest absolute Gasteiger partial charge is 0.339 e. The lowest BCUT2D eigenvalue weighted by Crippen LogP contribution is -2.24. The normalized spacial score (nSPS) is 11.9. The number of nitrogens with zero attached hydrogens (tertiary/aromatic N) is 1. The van der Waals surface area contributed by atoms with Gasteiger partial charge in [0.1, 0.15) is 0 Å². The number of ketones is 1. The molecule has 0 amide bonds. The SMILES string of the molecule is CCCc1cc(C(=O)O[C@H](C)C(=O)c2ccccc2)c2ccccc2n1. The summed E-state index contributed by atoms with van der Waals surface area (Å²) in [6, 6.07) is 18.1. The van der Waals surface area contributed by atoms with Crippen LogP contribution >= 0.6 is 0 Å². The molecule has 3 rings (SSSR count). The van der Waals surface area contributed by atoms with Crippen molar-refractivity contribution >= 4 is 22.7 Å². The number of aryl methyl sites for hydroxylation is 1. The maximum Gasteiger partial charge on any atom is 0.339 e. The van der Waals surface area contributed by atoms with E-state index in [1.54, 1.807) is 37.3 Å². The maximum absolute atomic E-state index is 12.8. The molecule has 132 valence electrons. The van der Waals surface area contributed by atoms with Crippen molar-refractivity contribution in [2.24, 2.45) is 0 Å². The van der Waals surface area contributed by atoms with Gasteiger partial charge in [0, 0.05) is 16.6 Å². The summed E-state index contributed by atoms with van der Waals surface area (Å²) in [6.07, 6.45) is 0.859. The first kappa shape index (κ1) is 17.8. The second kappa shape index (κ2) is 7.91. The van der Waals surface area contributed by atoms with Crippen LogP contribution in [0.4, 0.5) is 0 Å². The third-order valence-corrected chi connectivity index (χ3v) is 4.21. The quantitative estimate of drug-likeness (QED) is 0.482. The standard InChI is InChI=1S/C22H21NO3/c1-3-9-17-14-19(18-12-7-8-13-20(18)23-17)22(25)26-15(2)21(24)16-10-5-4-6-11-16/h4-8,10-15H,3,9H2,1-2H3/t15-/m1/s1. The molecule has 0 N–H and O–H groups in total. The summed E-state index contributed by atoms with van der Waals surface area (Å²) in [5.41, 5.74) is 2.58. The van der Waals surface area contributed by atoms with Gasteiger partial charge in [-0.25, -0.2) is 4.79 Å². The lowest BCUT2D eigenvalue weighted by Gasteiger charge is -2.14. The van der Waals surface area contributed by atoms with E-state index in [1.807, 2.05) is 30.3 Å². The molecule has 1 heterocycles. The first-order valence-electron chi connectivity index (χ1n) is 8.79. The van der Waals surface area contributed by atoms with Crippen LogP contribution in [-0.2, 0) is 11.2 Å². The minimum atomic E-state index is -0.855. The summed E-state index contributed by atoms with van der Waals surface area (Å²) in [5.74, 6) is -0.719. The summed E-state index contributed by atoms with van der Waals surface area (Å²) in [7, 11) is 0. The minimum absolute atomic E-state index is 0.217. The van der Waals surface area contributed by atoms with E-state index in [2.05, 4.69) is 11.9 Å². The van der Waals surface area contributed by atoms with Crippen LogP contribution < -0.4 is 0 Å². The molecule has 0 radical (unpaired) electrons. The van der Waals surface area contributed by atoms with E-state index in [9.17, 15) is 9.59 Å². The molecule has 4 heteroatoms. The molecular weight excluding hydrogens is 326 g/mol. The highest BCUT2D eigenvalue weighted by Gasteiger charge is 2.22. The van der Waals surface area contributed by atoms with E-state index in [0.717, 1.165) is 29.4 Å². The molecule has 1 atom stereocenters. The van der Waals surface area contributed by atoms with Gasteiger partial charge < -0.3 is 4.74 Å². The number of Topliss-reactive ketones (excluding diaryl/α,β-unsaturated/α-hetero) is 1. The number of ether oxygens (including phenoxy) is 1. The third kappa shape index (κ3) is 3.80. The van der Waals surface area contributed by atoms with Crippen LogP contribution in [-0.4, -0.2) is 22.8 Å². The van der Waals surface area contributed by atoms with Gasteiger partial charge in [0.25, 0.3) is 0 Å². The fourth-order valence-electron chi connectivity index (χ4n) is 2.90. The van der Waals surface area contributed by atoms with Gasteiger partial charge in [-0.15, -0.1) is 0 Å². The van der Waals surface area contributed by atoms with Gasteiger partial charge in [-0.3, -0.25) is 9.78 Å². The van der Waals surface area contributed by atoms with Gasteiger partial charge in [-0.1, -0.05) is 61.9 Å². The Kier molecular flexibility index (Phi) is 5.42. The number of carbonyl (C=O) groups is 2. The van der Waals surface area contributed by atoms with E-state index >= 15 is 0 Å². The van der Waals surface area contributed by atoms with Crippen molar-refractivity contribution in [2.45, 2.75) is 32.8 Å². The summed E-state index contributed by atoms with van der Waals surface area (Å²) in [6.45, 7) is 3.67. The Morgan fingerprint density at radius 2 is 1.73 bits per heavy atom. The molecule has 2 aromatic carbocycles.